The number of aromatic nitrogens is 1. The summed E-state index contributed by atoms with van der Waals surface area (Å²) in [7, 11) is 0. The minimum Gasteiger partial charge on any atom is -0.343 e. The Kier molecular flexibility index (Phi) is 4.91. The van der Waals surface area contributed by atoms with Gasteiger partial charge in [0.05, 0.1) is 12.1 Å². The summed E-state index contributed by atoms with van der Waals surface area (Å²) in [6, 6.07) is 4.12. The van der Waals surface area contributed by atoms with E-state index < -0.39 is 0 Å². The largest absolute Gasteiger partial charge is 0.343 e. The standard InChI is InChI=1S/C15H17N5OS2/c1-11-9-19(4-5-20(11)15-17-3-7-23-15)10-13(21)18-14-12(8-16)2-6-22-14/h2-3,6-7,11H,4-5,9-10H2,1H3,(H,18,21). The summed E-state index contributed by atoms with van der Waals surface area (Å²) in [5.41, 5.74) is 0.519. The average Bonchev–Trinajstić information content (AvgIpc) is 3.18. The number of rotatable bonds is 4. The van der Waals surface area contributed by atoms with Crippen LogP contribution in [0.15, 0.2) is 23.0 Å². The Hall–Kier alpha value is -1.95. The molecular weight excluding hydrogens is 330 g/mol. The summed E-state index contributed by atoms with van der Waals surface area (Å²) in [5.74, 6) is -0.0705. The number of piperazine rings is 1. The normalized spacial score (nSPS) is 18.6. The average molecular weight is 347 g/mol. The van der Waals surface area contributed by atoms with Crippen LogP contribution in [0.4, 0.5) is 10.1 Å². The van der Waals surface area contributed by atoms with Gasteiger partial charge in [-0.3, -0.25) is 9.69 Å². The molecule has 2 aromatic heterocycles. The second kappa shape index (κ2) is 7.08. The molecule has 1 unspecified atom stereocenters. The van der Waals surface area contributed by atoms with Crippen LogP contribution in [-0.2, 0) is 4.79 Å². The van der Waals surface area contributed by atoms with Gasteiger partial charge in [-0.05, 0) is 18.4 Å². The van der Waals surface area contributed by atoms with Crippen molar-refractivity contribution in [3.05, 3.63) is 28.6 Å². The van der Waals surface area contributed by atoms with Crippen molar-refractivity contribution in [3.63, 3.8) is 0 Å². The van der Waals surface area contributed by atoms with Crippen LogP contribution in [-0.4, -0.2) is 48.0 Å². The van der Waals surface area contributed by atoms with Crippen molar-refractivity contribution in [2.45, 2.75) is 13.0 Å². The third kappa shape index (κ3) is 3.69. The molecule has 0 bridgehead atoms. The fraction of sp³-hybridized carbons (Fsp3) is 0.400. The Balaban J connectivity index is 1.54. The van der Waals surface area contributed by atoms with Gasteiger partial charge < -0.3 is 10.2 Å². The van der Waals surface area contributed by atoms with Crippen LogP contribution < -0.4 is 10.2 Å². The van der Waals surface area contributed by atoms with Crippen LogP contribution in [0.2, 0.25) is 0 Å². The number of thiophene rings is 1. The summed E-state index contributed by atoms with van der Waals surface area (Å²) in [5, 5.41) is 17.3. The molecule has 1 saturated heterocycles. The zero-order chi connectivity index (χ0) is 16.2. The molecule has 1 fully saturated rings. The van der Waals surface area contributed by atoms with Gasteiger partial charge in [0.1, 0.15) is 11.1 Å². The minimum atomic E-state index is -0.0705. The number of anilines is 2. The van der Waals surface area contributed by atoms with E-state index in [0.717, 1.165) is 24.8 Å². The van der Waals surface area contributed by atoms with Crippen molar-refractivity contribution >= 4 is 38.7 Å². The highest BCUT2D eigenvalue weighted by atomic mass is 32.1. The van der Waals surface area contributed by atoms with Gasteiger partial charge in [0.25, 0.3) is 0 Å². The van der Waals surface area contributed by atoms with Crippen LogP contribution in [0.1, 0.15) is 12.5 Å². The lowest BCUT2D eigenvalue weighted by atomic mass is 10.2. The quantitative estimate of drug-likeness (QED) is 0.918. The number of thiazole rings is 1. The molecule has 2 aromatic rings. The molecule has 120 valence electrons. The van der Waals surface area contributed by atoms with Crippen LogP contribution in [0.3, 0.4) is 0 Å². The molecular formula is C15H17N5OS2. The summed E-state index contributed by atoms with van der Waals surface area (Å²) < 4.78 is 0. The van der Waals surface area contributed by atoms with E-state index >= 15 is 0 Å². The highest BCUT2D eigenvalue weighted by molar-refractivity contribution is 7.14. The van der Waals surface area contributed by atoms with Crippen molar-refractivity contribution in [1.29, 1.82) is 5.26 Å². The first kappa shape index (κ1) is 15.9. The second-order valence-electron chi connectivity index (χ2n) is 5.42. The maximum Gasteiger partial charge on any atom is 0.239 e. The van der Waals surface area contributed by atoms with Crippen molar-refractivity contribution in [1.82, 2.24) is 9.88 Å². The number of hydrogen-bond donors (Lipinski definition) is 1. The number of carbonyl (C=O) groups is 1. The van der Waals surface area contributed by atoms with E-state index in [9.17, 15) is 4.79 Å². The Morgan fingerprint density at radius 3 is 3.04 bits per heavy atom. The molecule has 6 nitrogen and oxygen atoms in total. The third-order valence-corrected chi connectivity index (χ3v) is 5.42. The molecule has 0 spiro atoms. The smallest absolute Gasteiger partial charge is 0.239 e. The van der Waals surface area contributed by atoms with Crippen molar-refractivity contribution in [2.24, 2.45) is 0 Å². The van der Waals surface area contributed by atoms with E-state index in [1.54, 1.807) is 17.4 Å². The predicted octanol–water partition coefficient (Wildman–Crippen LogP) is 2.23. The molecule has 23 heavy (non-hydrogen) atoms. The fourth-order valence-electron chi connectivity index (χ4n) is 2.68. The lowest BCUT2D eigenvalue weighted by Gasteiger charge is -2.39. The molecule has 3 heterocycles. The van der Waals surface area contributed by atoms with E-state index in [1.165, 1.54) is 11.3 Å². The monoisotopic (exact) mass is 347 g/mol. The first-order valence-corrected chi connectivity index (χ1v) is 9.09. The van der Waals surface area contributed by atoms with Gasteiger partial charge in [-0.1, -0.05) is 0 Å². The molecule has 1 aliphatic heterocycles. The Morgan fingerprint density at radius 2 is 2.35 bits per heavy atom. The van der Waals surface area contributed by atoms with Gasteiger partial charge in [-0.2, -0.15) is 5.26 Å². The number of carbonyl (C=O) groups excluding carboxylic acids is 1. The highest BCUT2D eigenvalue weighted by Crippen LogP contribution is 2.24. The van der Waals surface area contributed by atoms with Crippen molar-refractivity contribution < 1.29 is 4.79 Å². The Morgan fingerprint density at radius 1 is 1.48 bits per heavy atom. The van der Waals surface area contributed by atoms with Gasteiger partial charge in [0.2, 0.25) is 5.91 Å². The number of nitriles is 1. The molecule has 1 N–H and O–H groups in total. The lowest BCUT2D eigenvalue weighted by molar-refractivity contribution is -0.117. The molecule has 1 atom stereocenters. The summed E-state index contributed by atoms with van der Waals surface area (Å²) >= 11 is 3.02. The zero-order valence-corrected chi connectivity index (χ0v) is 14.4. The van der Waals surface area contributed by atoms with Gasteiger partial charge >= 0.3 is 0 Å². The van der Waals surface area contributed by atoms with E-state index in [2.05, 4.69) is 33.1 Å². The molecule has 0 aromatic carbocycles. The molecule has 0 radical (unpaired) electrons. The minimum absolute atomic E-state index is 0.0705. The maximum absolute atomic E-state index is 12.2. The third-order valence-electron chi connectivity index (χ3n) is 3.78. The highest BCUT2D eigenvalue weighted by Gasteiger charge is 2.26. The first-order chi connectivity index (χ1) is 11.2. The second-order valence-corrected chi connectivity index (χ2v) is 7.20. The fourth-order valence-corrected chi connectivity index (χ4v) is 4.21. The summed E-state index contributed by atoms with van der Waals surface area (Å²) in [6.07, 6.45) is 1.82. The van der Waals surface area contributed by atoms with Gasteiger partial charge in [0.15, 0.2) is 5.13 Å². The molecule has 3 rings (SSSR count). The van der Waals surface area contributed by atoms with E-state index in [-0.39, 0.29) is 5.91 Å². The van der Waals surface area contributed by atoms with Crippen molar-refractivity contribution in [3.8, 4) is 6.07 Å². The number of nitrogens with zero attached hydrogens (tertiary/aromatic N) is 4. The number of amides is 1. The van der Waals surface area contributed by atoms with Crippen LogP contribution >= 0.6 is 22.7 Å². The lowest BCUT2D eigenvalue weighted by Crippen LogP contribution is -2.53. The van der Waals surface area contributed by atoms with E-state index in [0.29, 0.717) is 23.2 Å². The summed E-state index contributed by atoms with van der Waals surface area (Å²) in [4.78, 5) is 21.0. The SMILES string of the molecule is CC1CN(CC(=O)Nc2sccc2C#N)CCN1c1nccs1. The van der Waals surface area contributed by atoms with E-state index in [4.69, 9.17) is 5.26 Å². The van der Waals surface area contributed by atoms with Crippen LogP contribution in [0, 0.1) is 11.3 Å². The zero-order valence-electron chi connectivity index (χ0n) is 12.7. The Bertz CT molecular complexity index is 706. The molecule has 1 amide bonds. The molecule has 0 aliphatic carbocycles. The van der Waals surface area contributed by atoms with Gasteiger partial charge in [0, 0.05) is 37.3 Å². The molecule has 1 aliphatic rings. The molecule has 0 saturated carbocycles. The van der Waals surface area contributed by atoms with Crippen LogP contribution in [0.25, 0.3) is 0 Å². The van der Waals surface area contributed by atoms with Gasteiger partial charge in [-0.25, -0.2) is 4.98 Å². The maximum atomic E-state index is 12.2. The first-order valence-electron chi connectivity index (χ1n) is 7.33. The van der Waals surface area contributed by atoms with E-state index in [1.807, 2.05) is 17.0 Å². The number of nitrogens with one attached hydrogen (secondary N) is 1. The van der Waals surface area contributed by atoms with Crippen LogP contribution in [0.5, 0.6) is 0 Å². The predicted molar refractivity (Wildman–Crippen MR) is 93.0 cm³/mol. The number of hydrogen-bond acceptors (Lipinski definition) is 7. The van der Waals surface area contributed by atoms with Crippen molar-refractivity contribution in [2.75, 3.05) is 36.4 Å². The molecule has 8 heteroatoms. The Labute approximate surface area is 143 Å². The topological polar surface area (TPSA) is 72.3 Å². The summed E-state index contributed by atoms with van der Waals surface area (Å²) in [6.45, 7) is 5.01. The van der Waals surface area contributed by atoms with Gasteiger partial charge in [-0.15, -0.1) is 22.7 Å².